The summed E-state index contributed by atoms with van der Waals surface area (Å²) in [6, 6.07) is 10.7. The maximum absolute atomic E-state index is 12.8. The number of hydrogen-bond acceptors (Lipinski definition) is 4. The molecule has 1 saturated carbocycles. The second kappa shape index (κ2) is 8.21. The average Bonchev–Trinajstić information content (AvgIpc) is 3.23. The summed E-state index contributed by atoms with van der Waals surface area (Å²) in [6.45, 7) is 4.25. The van der Waals surface area contributed by atoms with Crippen molar-refractivity contribution in [3.05, 3.63) is 48.3 Å². The van der Waals surface area contributed by atoms with Crippen LogP contribution in [0.1, 0.15) is 44.1 Å². The van der Waals surface area contributed by atoms with Crippen LogP contribution in [-0.2, 0) is 17.9 Å². The van der Waals surface area contributed by atoms with Crippen LogP contribution in [0.3, 0.4) is 0 Å². The number of hydrogen-bond donors (Lipinski definition) is 0. The molecule has 1 aromatic carbocycles. The van der Waals surface area contributed by atoms with E-state index in [1.807, 2.05) is 6.20 Å². The fourth-order valence-corrected chi connectivity index (χ4v) is 4.68. The number of amides is 1. The van der Waals surface area contributed by atoms with Gasteiger partial charge in [-0.15, -0.1) is 5.10 Å². The SMILES string of the molecule is O=C(CCn1ccnn1)N1CCN(Cc2ccccc2)C2(CCCCC2)C1. The van der Waals surface area contributed by atoms with Gasteiger partial charge >= 0.3 is 0 Å². The van der Waals surface area contributed by atoms with Gasteiger partial charge in [-0.1, -0.05) is 54.8 Å². The molecule has 1 aliphatic heterocycles. The van der Waals surface area contributed by atoms with Gasteiger partial charge in [0.2, 0.25) is 5.91 Å². The highest BCUT2D eigenvalue weighted by molar-refractivity contribution is 5.76. The van der Waals surface area contributed by atoms with Crippen LogP contribution in [0.4, 0.5) is 0 Å². The van der Waals surface area contributed by atoms with Crippen molar-refractivity contribution in [1.82, 2.24) is 24.8 Å². The lowest BCUT2D eigenvalue weighted by Crippen LogP contribution is -2.63. The average molecular weight is 367 g/mol. The van der Waals surface area contributed by atoms with Crippen LogP contribution in [0.15, 0.2) is 42.7 Å². The number of nitrogens with zero attached hydrogens (tertiary/aromatic N) is 5. The van der Waals surface area contributed by atoms with Crippen LogP contribution in [-0.4, -0.2) is 55.9 Å². The molecule has 1 aliphatic carbocycles. The van der Waals surface area contributed by atoms with E-state index in [-0.39, 0.29) is 11.4 Å². The summed E-state index contributed by atoms with van der Waals surface area (Å²) in [5, 5.41) is 7.78. The second-order valence-electron chi connectivity index (χ2n) is 7.92. The van der Waals surface area contributed by atoms with Crippen molar-refractivity contribution in [1.29, 1.82) is 0 Å². The summed E-state index contributed by atoms with van der Waals surface area (Å²) in [7, 11) is 0. The maximum atomic E-state index is 12.8. The molecule has 2 fully saturated rings. The molecular formula is C21H29N5O. The highest BCUT2D eigenvalue weighted by Crippen LogP contribution is 2.37. The van der Waals surface area contributed by atoms with E-state index in [1.54, 1.807) is 10.9 Å². The Morgan fingerprint density at radius 3 is 2.63 bits per heavy atom. The summed E-state index contributed by atoms with van der Waals surface area (Å²) in [5.41, 5.74) is 1.52. The Kier molecular flexibility index (Phi) is 5.53. The molecule has 0 unspecified atom stereocenters. The number of carbonyl (C=O) groups is 1. The first-order chi connectivity index (χ1) is 13.3. The number of carbonyl (C=O) groups excluding carboxylic acids is 1. The molecule has 2 heterocycles. The fraction of sp³-hybridized carbons (Fsp3) is 0.571. The van der Waals surface area contributed by atoms with Crippen LogP contribution < -0.4 is 0 Å². The third kappa shape index (κ3) is 4.21. The van der Waals surface area contributed by atoms with Crippen LogP contribution in [0.2, 0.25) is 0 Å². The zero-order valence-electron chi connectivity index (χ0n) is 16.0. The Morgan fingerprint density at radius 1 is 1.07 bits per heavy atom. The van der Waals surface area contributed by atoms with Gasteiger partial charge in [0.1, 0.15) is 0 Å². The first-order valence-corrected chi connectivity index (χ1v) is 10.2. The predicted octanol–water partition coefficient (Wildman–Crippen LogP) is 2.72. The van der Waals surface area contributed by atoms with Gasteiger partial charge in [0, 0.05) is 44.3 Å². The van der Waals surface area contributed by atoms with Crippen molar-refractivity contribution in [2.24, 2.45) is 0 Å². The Labute approximate surface area is 161 Å². The number of piperazine rings is 1. The van der Waals surface area contributed by atoms with Gasteiger partial charge < -0.3 is 4.90 Å². The van der Waals surface area contributed by atoms with Gasteiger partial charge in [0.05, 0.1) is 12.7 Å². The standard InChI is InChI=1S/C21H29N5O/c27-20(9-13-26-14-12-22-23-26)24-15-16-25(17-19-7-3-1-4-8-19)21(18-24)10-5-2-6-11-21/h1,3-4,7-8,12,14H,2,5-6,9-11,13,15-18H2. The van der Waals surface area contributed by atoms with E-state index in [0.717, 1.165) is 26.2 Å². The molecule has 27 heavy (non-hydrogen) atoms. The molecule has 6 nitrogen and oxygen atoms in total. The zero-order valence-corrected chi connectivity index (χ0v) is 16.0. The van der Waals surface area contributed by atoms with Crippen molar-refractivity contribution in [3.63, 3.8) is 0 Å². The molecule has 2 aromatic rings. The van der Waals surface area contributed by atoms with Gasteiger partial charge in [-0.3, -0.25) is 14.4 Å². The lowest BCUT2D eigenvalue weighted by atomic mass is 9.78. The van der Waals surface area contributed by atoms with Gasteiger partial charge in [-0.2, -0.15) is 0 Å². The summed E-state index contributed by atoms with van der Waals surface area (Å²) in [4.78, 5) is 17.6. The summed E-state index contributed by atoms with van der Waals surface area (Å²) >= 11 is 0. The Balaban J connectivity index is 1.43. The molecular weight excluding hydrogens is 338 g/mol. The lowest BCUT2D eigenvalue weighted by Gasteiger charge is -2.53. The van der Waals surface area contributed by atoms with E-state index >= 15 is 0 Å². The van der Waals surface area contributed by atoms with Gasteiger partial charge in [0.25, 0.3) is 0 Å². The number of benzene rings is 1. The topological polar surface area (TPSA) is 54.3 Å². The monoisotopic (exact) mass is 367 g/mol. The smallest absolute Gasteiger partial charge is 0.224 e. The third-order valence-electron chi connectivity index (χ3n) is 6.18. The van der Waals surface area contributed by atoms with E-state index in [1.165, 1.54) is 37.7 Å². The van der Waals surface area contributed by atoms with E-state index in [4.69, 9.17) is 0 Å². The molecule has 0 atom stereocenters. The molecule has 0 radical (unpaired) electrons. The molecule has 1 saturated heterocycles. The molecule has 1 spiro atoms. The minimum Gasteiger partial charge on any atom is -0.339 e. The third-order valence-corrected chi connectivity index (χ3v) is 6.18. The van der Waals surface area contributed by atoms with E-state index in [0.29, 0.717) is 13.0 Å². The van der Waals surface area contributed by atoms with Gasteiger partial charge in [-0.05, 0) is 18.4 Å². The number of rotatable bonds is 5. The molecule has 0 bridgehead atoms. The molecule has 1 amide bonds. The molecule has 4 rings (SSSR count). The molecule has 2 aliphatic rings. The minimum absolute atomic E-state index is 0.148. The quantitative estimate of drug-likeness (QED) is 0.815. The van der Waals surface area contributed by atoms with Crippen LogP contribution >= 0.6 is 0 Å². The van der Waals surface area contributed by atoms with Crippen molar-refractivity contribution in [2.75, 3.05) is 19.6 Å². The first kappa shape index (κ1) is 18.2. The molecule has 1 aromatic heterocycles. The molecule has 144 valence electrons. The molecule has 0 N–H and O–H groups in total. The Bertz CT molecular complexity index is 724. The summed E-state index contributed by atoms with van der Waals surface area (Å²) in [5.74, 6) is 0.245. The summed E-state index contributed by atoms with van der Waals surface area (Å²) in [6.07, 6.45) is 10.2. The van der Waals surface area contributed by atoms with Crippen LogP contribution in [0.5, 0.6) is 0 Å². The Morgan fingerprint density at radius 2 is 1.89 bits per heavy atom. The van der Waals surface area contributed by atoms with Crippen molar-refractivity contribution in [2.45, 2.75) is 57.2 Å². The van der Waals surface area contributed by atoms with Crippen LogP contribution in [0.25, 0.3) is 0 Å². The van der Waals surface area contributed by atoms with Crippen molar-refractivity contribution in [3.8, 4) is 0 Å². The fourth-order valence-electron chi connectivity index (χ4n) is 4.68. The summed E-state index contributed by atoms with van der Waals surface area (Å²) < 4.78 is 1.74. The number of aryl methyl sites for hydroxylation is 1. The molecule has 6 heteroatoms. The maximum Gasteiger partial charge on any atom is 0.224 e. The number of aromatic nitrogens is 3. The highest BCUT2D eigenvalue weighted by atomic mass is 16.2. The largest absolute Gasteiger partial charge is 0.339 e. The van der Waals surface area contributed by atoms with Crippen molar-refractivity contribution < 1.29 is 4.79 Å². The van der Waals surface area contributed by atoms with E-state index < -0.39 is 0 Å². The van der Waals surface area contributed by atoms with Crippen LogP contribution in [0, 0.1) is 0 Å². The second-order valence-corrected chi connectivity index (χ2v) is 7.92. The van der Waals surface area contributed by atoms with Gasteiger partial charge in [0.15, 0.2) is 0 Å². The normalized spacial score (nSPS) is 20.1. The first-order valence-electron chi connectivity index (χ1n) is 10.2. The predicted molar refractivity (Wildman–Crippen MR) is 104 cm³/mol. The van der Waals surface area contributed by atoms with E-state index in [2.05, 4.69) is 50.4 Å². The zero-order chi connectivity index (χ0) is 18.5. The lowest BCUT2D eigenvalue weighted by molar-refractivity contribution is -0.139. The Hall–Kier alpha value is -2.21. The van der Waals surface area contributed by atoms with Crippen molar-refractivity contribution >= 4 is 5.91 Å². The highest BCUT2D eigenvalue weighted by Gasteiger charge is 2.43. The minimum atomic E-state index is 0.148. The van der Waals surface area contributed by atoms with Gasteiger partial charge in [-0.25, -0.2) is 0 Å². The van der Waals surface area contributed by atoms with E-state index in [9.17, 15) is 4.79 Å².